The molecule has 0 N–H and O–H groups in total. The second kappa shape index (κ2) is 14.8. The highest BCUT2D eigenvalue weighted by atomic mass is 32.1. The molecule has 0 bridgehead atoms. The molecule has 0 saturated carbocycles. The number of benzene rings is 11. The summed E-state index contributed by atoms with van der Waals surface area (Å²) < 4.78 is 2.78. The van der Waals surface area contributed by atoms with Gasteiger partial charge in [-0.2, -0.15) is 11.3 Å². The molecule has 0 amide bonds. The van der Waals surface area contributed by atoms with E-state index in [1.54, 1.807) is 0 Å². The average molecular weight is 943 g/mol. The van der Waals surface area contributed by atoms with Crippen LogP contribution in [0.25, 0.3) is 43.8 Å². The second-order valence-corrected chi connectivity index (χ2v) is 21.1. The number of nitrogens with zero attached hydrogens (tertiary/aromatic N) is 4. The first-order valence-electron chi connectivity index (χ1n) is 25.3. The molecule has 0 saturated heterocycles. The summed E-state index contributed by atoms with van der Waals surface area (Å²) in [7, 11) is 0. The Labute approximate surface area is 428 Å². The van der Waals surface area contributed by atoms with Gasteiger partial charge in [-0.05, 0) is 138 Å². The van der Waals surface area contributed by atoms with Crippen molar-refractivity contribution in [2.24, 2.45) is 0 Å². The zero-order chi connectivity index (χ0) is 47.5. The SMILES string of the molecule is c1ccc(-c2cc3c4c(c2)N2c5ccccc5N5c6cc(-c7ccccc7)cc7c6B(c6cc8ccccc8cc6N7c6ccccc6)c6sc(c2c65)B4c2cc4ccccc4cc2N3c2ccccc2)cc1. The zero-order valence-electron chi connectivity index (χ0n) is 39.4. The molecule has 5 aliphatic heterocycles. The molecule has 0 radical (unpaired) electrons. The van der Waals surface area contributed by atoms with Crippen LogP contribution in [0.2, 0.25) is 0 Å². The van der Waals surface area contributed by atoms with Gasteiger partial charge in [-0.25, -0.2) is 0 Å². The van der Waals surface area contributed by atoms with E-state index < -0.39 is 0 Å². The van der Waals surface area contributed by atoms with Gasteiger partial charge in [-0.15, -0.1) is 0 Å². The lowest BCUT2D eigenvalue weighted by atomic mass is 9.35. The van der Waals surface area contributed by atoms with Crippen LogP contribution in [-0.4, -0.2) is 13.4 Å². The topological polar surface area (TPSA) is 13.0 Å². The molecule has 73 heavy (non-hydrogen) atoms. The molecule has 7 heteroatoms. The Morgan fingerprint density at radius 1 is 0.260 bits per heavy atom. The molecule has 5 aliphatic rings. The number of rotatable bonds is 4. The molecule has 12 aromatic rings. The third kappa shape index (κ3) is 5.41. The summed E-state index contributed by atoms with van der Waals surface area (Å²) in [5.41, 5.74) is 24.8. The third-order valence-corrected chi connectivity index (χ3v) is 17.5. The van der Waals surface area contributed by atoms with Gasteiger partial charge in [0.15, 0.2) is 0 Å². The van der Waals surface area contributed by atoms with Gasteiger partial charge in [-0.1, -0.05) is 170 Å². The molecule has 17 rings (SSSR count). The summed E-state index contributed by atoms with van der Waals surface area (Å²) in [5, 5.41) is 4.98. The summed E-state index contributed by atoms with van der Waals surface area (Å²) in [5.74, 6) is 0. The van der Waals surface area contributed by atoms with Crippen molar-refractivity contribution >= 4 is 146 Å². The van der Waals surface area contributed by atoms with Crippen LogP contribution in [0.3, 0.4) is 0 Å². The fraction of sp³-hybridized carbons (Fsp3) is 0. The molecule has 4 nitrogen and oxygen atoms in total. The molecular formula is C66H40B2N4S. The van der Waals surface area contributed by atoms with E-state index in [1.807, 2.05) is 11.3 Å². The second-order valence-electron chi connectivity index (χ2n) is 20.0. The van der Waals surface area contributed by atoms with E-state index in [2.05, 4.69) is 262 Å². The number of hydrogen-bond acceptors (Lipinski definition) is 5. The Kier molecular flexibility index (Phi) is 8.02. The minimum atomic E-state index is -0.0358. The minimum absolute atomic E-state index is 0.0358. The van der Waals surface area contributed by atoms with Crippen molar-refractivity contribution in [1.29, 1.82) is 0 Å². The third-order valence-electron chi connectivity index (χ3n) is 16.2. The van der Waals surface area contributed by atoms with E-state index in [0.29, 0.717) is 0 Å². The van der Waals surface area contributed by atoms with E-state index in [9.17, 15) is 0 Å². The van der Waals surface area contributed by atoms with E-state index >= 15 is 0 Å². The van der Waals surface area contributed by atoms with Crippen LogP contribution in [0.4, 0.5) is 68.2 Å². The summed E-state index contributed by atoms with van der Waals surface area (Å²) in [6.07, 6.45) is 0. The lowest BCUT2D eigenvalue weighted by Gasteiger charge is -2.49. The monoisotopic (exact) mass is 942 g/mol. The normalized spacial score (nSPS) is 13.9. The lowest BCUT2D eigenvalue weighted by Crippen LogP contribution is -2.61. The van der Waals surface area contributed by atoms with Crippen molar-refractivity contribution in [1.82, 2.24) is 0 Å². The fourth-order valence-corrected chi connectivity index (χ4v) is 14.7. The van der Waals surface area contributed by atoms with Crippen LogP contribution in [-0.2, 0) is 0 Å². The Morgan fingerprint density at radius 3 is 0.986 bits per heavy atom. The van der Waals surface area contributed by atoms with Crippen molar-refractivity contribution < 1.29 is 0 Å². The molecule has 0 unspecified atom stereocenters. The van der Waals surface area contributed by atoms with Crippen molar-refractivity contribution in [2.45, 2.75) is 0 Å². The van der Waals surface area contributed by atoms with E-state index in [-0.39, 0.29) is 13.4 Å². The van der Waals surface area contributed by atoms with Crippen molar-refractivity contribution in [3.05, 3.63) is 243 Å². The van der Waals surface area contributed by atoms with Gasteiger partial charge in [0.1, 0.15) is 0 Å². The highest BCUT2D eigenvalue weighted by molar-refractivity contribution is 7.39. The predicted molar refractivity (Wildman–Crippen MR) is 312 cm³/mol. The summed E-state index contributed by atoms with van der Waals surface area (Å²) in [4.78, 5) is 10.4. The number of anilines is 12. The van der Waals surface area contributed by atoms with Crippen molar-refractivity contribution in [2.75, 3.05) is 19.6 Å². The Balaban J connectivity index is 1.03. The van der Waals surface area contributed by atoms with Crippen molar-refractivity contribution in [3.63, 3.8) is 0 Å². The number of hydrogen-bond donors (Lipinski definition) is 0. The smallest absolute Gasteiger partial charge is 0.264 e. The summed E-state index contributed by atoms with van der Waals surface area (Å²) in [6, 6.07) is 90.9. The number of fused-ring (bicyclic) bond motifs is 13. The van der Waals surface area contributed by atoms with Crippen LogP contribution in [0, 0.1) is 0 Å². The first-order chi connectivity index (χ1) is 36.2. The maximum atomic E-state index is 2.67. The molecular weight excluding hydrogens is 902 g/mol. The molecule has 0 atom stereocenters. The van der Waals surface area contributed by atoms with Crippen LogP contribution in [0.1, 0.15) is 0 Å². The van der Waals surface area contributed by atoms with Crippen molar-refractivity contribution in [3.8, 4) is 22.3 Å². The molecule has 11 aromatic carbocycles. The van der Waals surface area contributed by atoms with Crippen LogP contribution >= 0.6 is 11.3 Å². The van der Waals surface area contributed by atoms with Gasteiger partial charge in [0.2, 0.25) is 0 Å². The molecule has 6 heterocycles. The van der Waals surface area contributed by atoms with Gasteiger partial charge in [0, 0.05) is 55.1 Å². The number of para-hydroxylation sites is 4. The molecule has 0 fully saturated rings. The van der Waals surface area contributed by atoms with Gasteiger partial charge in [-0.3, -0.25) is 0 Å². The fourth-order valence-electron chi connectivity index (χ4n) is 13.2. The van der Waals surface area contributed by atoms with Crippen LogP contribution < -0.4 is 51.0 Å². The van der Waals surface area contributed by atoms with Gasteiger partial charge in [0.25, 0.3) is 13.4 Å². The molecule has 336 valence electrons. The molecule has 0 spiro atoms. The Morgan fingerprint density at radius 2 is 0.589 bits per heavy atom. The molecule has 1 aromatic heterocycles. The molecule has 0 aliphatic carbocycles. The van der Waals surface area contributed by atoms with E-state index in [0.717, 1.165) is 11.4 Å². The Hall–Kier alpha value is -9.03. The quantitative estimate of drug-likeness (QED) is 0.163. The average Bonchev–Trinajstić information content (AvgIpc) is 3.86. The first kappa shape index (κ1) is 39.7. The predicted octanol–water partition coefficient (Wildman–Crippen LogP) is 13.9. The lowest BCUT2D eigenvalue weighted by molar-refractivity contribution is 1.18. The van der Waals surface area contributed by atoms with Gasteiger partial charge in [0.05, 0.1) is 22.7 Å². The minimum Gasteiger partial charge on any atom is -0.311 e. The largest absolute Gasteiger partial charge is 0.311 e. The van der Waals surface area contributed by atoms with Gasteiger partial charge < -0.3 is 19.6 Å². The highest BCUT2D eigenvalue weighted by Crippen LogP contribution is 2.59. The maximum absolute atomic E-state index is 2.67. The Bertz CT molecular complexity index is 4040. The summed E-state index contributed by atoms with van der Waals surface area (Å²) in [6.45, 7) is -0.0717. The standard InChI is InChI=1S/C66H40B2N4S/c1-5-19-41(20-6-1)47-37-57-61-59(39-47)71-53-31-17-18-32-54(53)72-60-40-48(42-21-7-2-8-22-42)38-58-62(60)68(52-34-44-24-14-16-26-46(44)36-56(52)70(58)50-29-11-4-12-30-50)66-64(72)63(71)65(73-66)67(61)51-33-43-23-13-15-25-45(43)35-55(51)69(57)49-27-9-3-10-28-49/h1-40H. The summed E-state index contributed by atoms with van der Waals surface area (Å²) >= 11 is 2.05. The van der Waals surface area contributed by atoms with Gasteiger partial charge >= 0.3 is 0 Å². The van der Waals surface area contributed by atoms with Crippen LogP contribution in [0.15, 0.2) is 243 Å². The van der Waals surface area contributed by atoms with E-state index in [1.165, 1.54) is 132 Å². The van der Waals surface area contributed by atoms with E-state index in [4.69, 9.17) is 0 Å². The maximum Gasteiger partial charge on any atom is 0.264 e. The zero-order valence-corrected chi connectivity index (χ0v) is 40.3. The highest BCUT2D eigenvalue weighted by Gasteiger charge is 2.54. The van der Waals surface area contributed by atoms with Crippen LogP contribution in [0.5, 0.6) is 0 Å². The first-order valence-corrected chi connectivity index (χ1v) is 26.1. The number of thiophene rings is 1.